The number of thiazole rings is 1. The van der Waals surface area contributed by atoms with Gasteiger partial charge in [0.1, 0.15) is 12.4 Å². The van der Waals surface area contributed by atoms with Gasteiger partial charge in [-0.3, -0.25) is 9.69 Å². The summed E-state index contributed by atoms with van der Waals surface area (Å²) in [4.78, 5) is 18.5. The average molecular weight is 421 g/mol. The van der Waals surface area contributed by atoms with Gasteiger partial charge in [-0.1, -0.05) is 48.3 Å². The maximum Gasteiger partial charge on any atom is 0.230 e. The van der Waals surface area contributed by atoms with Gasteiger partial charge < -0.3 is 4.74 Å². The van der Waals surface area contributed by atoms with Gasteiger partial charge in [-0.05, 0) is 36.2 Å². The van der Waals surface area contributed by atoms with E-state index in [0.29, 0.717) is 20.9 Å². The fourth-order valence-electron chi connectivity index (χ4n) is 2.64. The van der Waals surface area contributed by atoms with Crippen molar-refractivity contribution in [3.8, 4) is 5.75 Å². The van der Waals surface area contributed by atoms with E-state index in [1.54, 1.807) is 23.1 Å². The first-order chi connectivity index (χ1) is 13.0. The van der Waals surface area contributed by atoms with Crippen LogP contribution in [0.1, 0.15) is 25.1 Å². The van der Waals surface area contributed by atoms with Crippen molar-refractivity contribution in [2.24, 2.45) is 0 Å². The Morgan fingerprint density at radius 2 is 2.00 bits per heavy atom. The van der Waals surface area contributed by atoms with Crippen LogP contribution in [-0.2, 0) is 17.8 Å². The van der Waals surface area contributed by atoms with Gasteiger partial charge in [0.15, 0.2) is 5.13 Å². The van der Waals surface area contributed by atoms with Crippen molar-refractivity contribution in [3.05, 3.63) is 69.1 Å². The molecule has 0 aliphatic heterocycles. The number of anilines is 2. The molecule has 0 atom stereocenters. The lowest BCUT2D eigenvalue weighted by Gasteiger charge is -2.21. The fraction of sp³-hybridized carbons (Fsp3) is 0.200. The molecule has 0 saturated heterocycles. The number of hydrogen-bond donors (Lipinski definition) is 0. The quantitative estimate of drug-likeness (QED) is 0.471. The zero-order chi connectivity index (χ0) is 19.4. The molecular weight excluding hydrogens is 403 g/mol. The lowest BCUT2D eigenvalue weighted by atomic mass is 10.1. The molecule has 140 valence electrons. The standard InChI is InChI=1S/C20H18Cl2N2O2S/c1-3-14-6-4-5-7-18(14)24(13(2)25)20-23-16(12-27-20)11-26-19-9-8-15(21)10-17(19)22/h4-10,12H,3,11H2,1-2H3. The molecule has 0 fully saturated rings. The van der Waals surface area contributed by atoms with E-state index < -0.39 is 0 Å². The largest absolute Gasteiger partial charge is 0.486 e. The molecule has 4 nitrogen and oxygen atoms in total. The third kappa shape index (κ3) is 4.61. The van der Waals surface area contributed by atoms with Gasteiger partial charge in [-0.15, -0.1) is 11.3 Å². The lowest BCUT2D eigenvalue weighted by Crippen LogP contribution is -2.23. The van der Waals surface area contributed by atoms with Gasteiger partial charge in [-0.25, -0.2) is 4.98 Å². The smallest absolute Gasteiger partial charge is 0.230 e. The van der Waals surface area contributed by atoms with E-state index in [0.717, 1.165) is 23.4 Å². The molecular formula is C20H18Cl2N2O2S. The Hall–Kier alpha value is -2.08. The molecule has 0 unspecified atom stereocenters. The van der Waals surface area contributed by atoms with Gasteiger partial charge in [0.25, 0.3) is 0 Å². The van der Waals surface area contributed by atoms with Crippen LogP contribution < -0.4 is 9.64 Å². The molecule has 3 aromatic rings. The van der Waals surface area contributed by atoms with Crippen molar-refractivity contribution in [2.45, 2.75) is 26.9 Å². The summed E-state index contributed by atoms with van der Waals surface area (Å²) in [7, 11) is 0. The van der Waals surface area contributed by atoms with E-state index in [4.69, 9.17) is 27.9 Å². The van der Waals surface area contributed by atoms with Crippen LogP contribution >= 0.6 is 34.5 Å². The van der Waals surface area contributed by atoms with Crippen LogP contribution in [-0.4, -0.2) is 10.9 Å². The van der Waals surface area contributed by atoms with Crippen LogP contribution in [0, 0.1) is 0 Å². The molecule has 0 aliphatic rings. The molecule has 2 aromatic carbocycles. The van der Waals surface area contributed by atoms with E-state index in [2.05, 4.69) is 11.9 Å². The molecule has 0 radical (unpaired) electrons. The van der Waals surface area contributed by atoms with Gasteiger partial charge in [0, 0.05) is 17.3 Å². The van der Waals surface area contributed by atoms with Crippen molar-refractivity contribution in [1.29, 1.82) is 0 Å². The van der Waals surface area contributed by atoms with E-state index in [1.807, 2.05) is 29.6 Å². The summed E-state index contributed by atoms with van der Waals surface area (Å²) in [6, 6.07) is 12.9. The van der Waals surface area contributed by atoms with Crippen LogP contribution in [0.5, 0.6) is 5.75 Å². The Morgan fingerprint density at radius 1 is 1.22 bits per heavy atom. The van der Waals surface area contributed by atoms with Crippen molar-refractivity contribution in [3.63, 3.8) is 0 Å². The fourth-order valence-corrected chi connectivity index (χ4v) is 3.97. The minimum Gasteiger partial charge on any atom is -0.486 e. The number of amides is 1. The first-order valence-electron chi connectivity index (χ1n) is 8.40. The van der Waals surface area contributed by atoms with Crippen LogP contribution in [0.2, 0.25) is 10.0 Å². The molecule has 0 bridgehead atoms. The Balaban J connectivity index is 1.81. The predicted molar refractivity (Wildman–Crippen MR) is 112 cm³/mol. The number of carbonyl (C=O) groups excluding carboxylic acids is 1. The van der Waals surface area contributed by atoms with Gasteiger partial charge in [-0.2, -0.15) is 0 Å². The maximum atomic E-state index is 12.3. The Kier molecular flexibility index (Phi) is 6.37. The minimum atomic E-state index is -0.0848. The Morgan fingerprint density at radius 3 is 2.70 bits per heavy atom. The van der Waals surface area contributed by atoms with E-state index >= 15 is 0 Å². The summed E-state index contributed by atoms with van der Waals surface area (Å²) in [5, 5.41) is 3.49. The second-order valence-electron chi connectivity index (χ2n) is 5.82. The molecule has 3 rings (SSSR count). The molecule has 1 aromatic heterocycles. The van der Waals surface area contributed by atoms with E-state index in [1.165, 1.54) is 18.3 Å². The highest BCUT2D eigenvalue weighted by atomic mass is 35.5. The second-order valence-corrected chi connectivity index (χ2v) is 7.50. The first kappa shape index (κ1) is 19.7. The maximum absolute atomic E-state index is 12.3. The first-order valence-corrected chi connectivity index (χ1v) is 10.0. The number of aryl methyl sites for hydroxylation is 1. The molecule has 27 heavy (non-hydrogen) atoms. The van der Waals surface area contributed by atoms with Gasteiger partial charge in [0.2, 0.25) is 5.91 Å². The number of benzene rings is 2. The van der Waals surface area contributed by atoms with Gasteiger partial charge in [0.05, 0.1) is 16.4 Å². The minimum absolute atomic E-state index is 0.0848. The van der Waals surface area contributed by atoms with Crippen molar-refractivity contribution >= 4 is 51.3 Å². The summed E-state index contributed by atoms with van der Waals surface area (Å²) < 4.78 is 5.73. The SMILES string of the molecule is CCc1ccccc1N(C(C)=O)c1nc(COc2ccc(Cl)cc2Cl)cs1. The zero-order valence-corrected chi connectivity index (χ0v) is 17.2. The number of aromatic nitrogens is 1. The number of carbonyl (C=O) groups is 1. The van der Waals surface area contributed by atoms with Crippen LogP contribution in [0.15, 0.2) is 47.8 Å². The van der Waals surface area contributed by atoms with Crippen molar-refractivity contribution < 1.29 is 9.53 Å². The molecule has 0 saturated carbocycles. The highest BCUT2D eigenvalue weighted by molar-refractivity contribution is 7.14. The van der Waals surface area contributed by atoms with Crippen molar-refractivity contribution in [1.82, 2.24) is 4.98 Å². The van der Waals surface area contributed by atoms with Crippen molar-refractivity contribution in [2.75, 3.05) is 4.90 Å². The van der Waals surface area contributed by atoms with E-state index in [-0.39, 0.29) is 12.5 Å². The molecule has 0 aliphatic carbocycles. The molecule has 0 spiro atoms. The third-order valence-corrected chi connectivity index (χ3v) is 5.33. The number of para-hydroxylation sites is 1. The third-order valence-electron chi connectivity index (χ3n) is 3.93. The van der Waals surface area contributed by atoms with Crippen LogP contribution in [0.4, 0.5) is 10.8 Å². The molecule has 1 heterocycles. The summed E-state index contributed by atoms with van der Waals surface area (Å²) in [5.41, 5.74) is 2.67. The van der Waals surface area contributed by atoms with Crippen LogP contribution in [0.3, 0.4) is 0 Å². The predicted octanol–water partition coefficient (Wildman–Crippen LogP) is 6.28. The lowest BCUT2D eigenvalue weighted by molar-refractivity contribution is -0.115. The van der Waals surface area contributed by atoms with Gasteiger partial charge >= 0.3 is 0 Å². The van der Waals surface area contributed by atoms with Crippen LogP contribution in [0.25, 0.3) is 0 Å². The zero-order valence-electron chi connectivity index (χ0n) is 14.9. The highest BCUT2D eigenvalue weighted by Gasteiger charge is 2.20. The number of ether oxygens (including phenoxy) is 1. The molecule has 7 heteroatoms. The summed E-state index contributed by atoms with van der Waals surface area (Å²) in [5.74, 6) is 0.453. The molecule has 1 amide bonds. The number of halogens is 2. The Labute approximate surface area is 172 Å². The monoisotopic (exact) mass is 420 g/mol. The number of nitrogens with zero attached hydrogens (tertiary/aromatic N) is 2. The van der Waals surface area contributed by atoms with E-state index in [9.17, 15) is 4.79 Å². The molecule has 0 N–H and O–H groups in total. The summed E-state index contributed by atoms with van der Waals surface area (Å²) in [6.45, 7) is 3.85. The topological polar surface area (TPSA) is 42.4 Å². The summed E-state index contributed by atoms with van der Waals surface area (Å²) in [6.07, 6.45) is 0.830. The number of hydrogen-bond acceptors (Lipinski definition) is 4. The Bertz CT molecular complexity index is 959. The normalized spacial score (nSPS) is 10.7. The average Bonchev–Trinajstić information content (AvgIpc) is 3.09. The highest BCUT2D eigenvalue weighted by Crippen LogP contribution is 2.33. The summed E-state index contributed by atoms with van der Waals surface area (Å²) >= 11 is 13.4. The second kappa shape index (κ2) is 8.74. The number of rotatable bonds is 6.